The highest BCUT2D eigenvalue weighted by Gasteiger charge is 2.32. The Morgan fingerprint density at radius 1 is 1.31 bits per heavy atom. The fourth-order valence-electron chi connectivity index (χ4n) is 2.34. The molecule has 0 spiro atoms. The molecule has 16 heavy (non-hydrogen) atoms. The van der Waals surface area contributed by atoms with Crippen LogP contribution in [0.4, 0.5) is 0 Å². The summed E-state index contributed by atoms with van der Waals surface area (Å²) in [5.41, 5.74) is 1.21. The van der Waals surface area contributed by atoms with E-state index in [0.29, 0.717) is 0 Å². The van der Waals surface area contributed by atoms with Crippen molar-refractivity contribution < 1.29 is 9.90 Å². The molecule has 1 aromatic carbocycles. The second-order valence-electron chi connectivity index (χ2n) is 4.35. The summed E-state index contributed by atoms with van der Waals surface area (Å²) in [6.45, 7) is 0.759. The maximum atomic E-state index is 11.0. The van der Waals surface area contributed by atoms with Crippen molar-refractivity contribution in [1.29, 1.82) is 0 Å². The molecule has 0 aromatic heterocycles. The van der Waals surface area contributed by atoms with Gasteiger partial charge in [-0.05, 0) is 18.4 Å². The quantitative estimate of drug-likeness (QED) is 0.814. The van der Waals surface area contributed by atoms with Crippen LogP contribution in [0.25, 0.3) is 0 Å². The number of nitrogens with one attached hydrogen (secondary N) is 1. The minimum Gasteiger partial charge on any atom is -0.481 e. The fraction of sp³-hybridized carbons (Fsp3) is 0.462. The first-order valence-electron chi connectivity index (χ1n) is 5.77. The Hall–Kier alpha value is -1.35. The Balaban J connectivity index is 1.88. The molecule has 0 radical (unpaired) electrons. The molecular weight excluding hydrogens is 202 g/mol. The van der Waals surface area contributed by atoms with Crippen molar-refractivity contribution in [2.24, 2.45) is 5.92 Å². The van der Waals surface area contributed by atoms with Gasteiger partial charge < -0.3 is 10.4 Å². The molecule has 3 heteroatoms. The molecule has 0 saturated heterocycles. The smallest absolute Gasteiger partial charge is 0.308 e. The van der Waals surface area contributed by atoms with E-state index in [4.69, 9.17) is 5.11 Å². The number of carbonyl (C=O) groups is 1. The first kappa shape index (κ1) is 11.1. The van der Waals surface area contributed by atoms with Crippen molar-refractivity contribution in [3.8, 4) is 0 Å². The number of aliphatic carboxylic acids is 1. The molecule has 86 valence electrons. The van der Waals surface area contributed by atoms with Gasteiger partial charge in [-0.2, -0.15) is 0 Å². The average Bonchev–Trinajstić information content (AvgIpc) is 2.76. The highest BCUT2D eigenvalue weighted by Crippen LogP contribution is 2.26. The molecule has 2 atom stereocenters. The zero-order valence-corrected chi connectivity index (χ0v) is 9.23. The summed E-state index contributed by atoms with van der Waals surface area (Å²) in [6.07, 6.45) is 2.80. The molecule has 1 aliphatic carbocycles. The van der Waals surface area contributed by atoms with Gasteiger partial charge >= 0.3 is 5.97 Å². The van der Waals surface area contributed by atoms with Gasteiger partial charge in [-0.1, -0.05) is 36.8 Å². The summed E-state index contributed by atoms with van der Waals surface area (Å²) >= 11 is 0. The number of hydrogen-bond acceptors (Lipinski definition) is 2. The molecule has 0 unspecified atom stereocenters. The third-order valence-electron chi connectivity index (χ3n) is 3.24. The van der Waals surface area contributed by atoms with Crippen LogP contribution in [0.3, 0.4) is 0 Å². The SMILES string of the molecule is O=C(O)[C@H]1CCC[C@H]1NCc1ccccc1. The van der Waals surface area contributed by atoms with Crippen molar-refractivity contribution >= 4 is 5.97 Å². The molecule has 1 aliphatic rings. The van der Waals surface area contributed by atoms with E-state index in [-0.39, 0.29) is 12.0 Å². The van der Waals surface area contributed by atoms with Crippen LogP contribution in [-0.2, 0) is 11.3 Å². The van der Waals surface area contributed by atoms with Gasteiger partial charge in [-0.15, -0.1) is 0 Å². The minimum atomic E-state index is -0.664. The van der Waals surface area contributed by atoms with Crippen molar-refractivity contribution in [2.75, 3.05) is 0 Å². The van der Waals surface area contributed by atoms with Gasteiger partial charge in [0.25, 0.3) is 0 Å². The molecule has 0 heterocycles. The lowest BCUT2D eigenvalue weighted by Gasteiger charge is -2.17. The van der Waals surface area contributed by atoms with Gasteiger partial charge in [-0.25, -0.2) is 0 Å². The fourth-order valence-corrected chi connectivity index (χ4v) is 2.34. The predicted molar refractivity (Wildman–Crippen MR) is 62.0 cm³/mol. The van der Waals surface area contributed by atoms with Crippen molar-refractivity contribution in [3.63, 3.8) is 0 Å². The van der Waals surface area contributed by atoms with Crippen LogP contribution in [-0.4, -0.2) is 17.1 Å². The van der Waals surface area contributed by atoms with Crippen LogP contribution in [0.2, 0.25) is 0 Å². The topological polar surface area (TPSA) is 49.3 Å². The zero-order valence-electron chi connectivity index (χ0n) is 9.23. The summed E-state index contributed by atoms with van der Waals surface area (Å²) in [6, 6.07) is 10.2. The lowest BCUT2D eigenvalue weighted by atomic mass is 10.0. The first-order chi connectivity index (χ1) is 7.77. The summed E-state index contributed by atoms with van der Waals surface area (Å²) in [7, 11) is 0. The monoisotopic (exact) mass is 219 g/mol. The first-order valence-corrected chi connectivity index (χ1v) is 5.77. The Bertz CT molecular complexity index is 350. The number of carboxylic acids is 1. The van der Waals surface area contributed by atoms with Gasteiger partial charge in [-0.3, -0.25) is 4.79 Å². The Morgan fingerprint density at radius 2 is 2.06 bits per heavy atom. The molecule has 0 amide bonds. The van der Waals surface area contributed by atoms with Crippen LogP contribution in [0.15, 0.2) is 30.3 Å². The summed E-state index contributed by atoms with van der Waals surface area (Å²) < 4.78 is 0. The highest BCUT2D eigenvalue weighted by molar-refractivity contribution is 5.71. The largest absolute Gasteiger partial charge is 0.481 e. The third-order valence-corrected chi connectivity index (χ3v) is 3.24. The molecule has 3 nitrogen and oxygen atoms in total. The highest BCUT2D eigenvalue weighted by atomic mass is 16.4. The minimum absolute atomic E-state index is 0.137. The van der Waals surface area contributed by atoms with Crippen molar-refractivity contribution in [3.05, 3.63) is 35.9 Å². The number of carboxylic acid groups (broad SMARTS) is 1. The predicted octanol–water partition coefficient (Wildman–Crippen LogP) is 2.03. The van der Waals surface area contributed by atoms with E-state index in [9.17, 15) is 4.79 Å². The van der Waals surface area contributed by atoms with E-state index in [1.807, 2.05) is 18.2 Å². The second kappa shape index (κ2) is 5.12. The number of hydrogen-bond donors (Lipinski definition) is 2. The van der Waals surface area contributed by atoms with E-state index in [2.05, 4.69) is 17.4 Å². The summed E-state index contributed by atoms with van der Waals surface area (Å²) in [5, 5.41) is 12.4. The lowest BCUT2D eigenvalue weighted by molar-refractivity contribution is -0.142. The molecular formula is C13H17NO2. The molecule has 0 bridgehead atoms. The van der Waals surface area contributed by atoms with Crippen LogP contribution in [0.5, 0.6) is 0 Å². The summed E-state index contributed by atoms with van der Waals surface area (Å²) in [4.78, 5) is 11.0. The van der Waals surface area contributed by atoms with Gasteiger partial charge in [0.15, 0.2) is 0 Å². The Labute approximate surface area is 95.5 Å². The van der Waals surface area contributed by atoms with Gasteiger partial charge in [0, 0.05) is 12.6 Å². The van der Waals surface area contributed by atoms with E-state index in [0.717, 1.165) is 25.8 Å². The number of rotatable bonds is 4. The van der Waals surface area contributed by atoms with Crippen molar-refractivity contribution in [2.45, 2.75) is 31.8 Å². The zero-order chi connectivity index (χ0) is 11.4. The van der Waals surface area contributed by atoms with E-state index < -0.39 is 5.97 Å². The normalized spacial score (nSPS) is 24.5. The standard InChI is InChI=1S/C13H17NO2/c15-13(16)11-7-4-8-12(11)14-9-10-5-2-1-3-6-10/h1-3,5-6,11-12,14H,4,7-9H2,(H,15,16)/t11-,12+/m0/s1. The lowest BCUT2D eigenvalue weighted by Crippen LogP contribution is -2.35. The second-order valence-corrected chi connectivity index (χ2v) is 4.35. The van der Waals surface area contributed by atoms with Crippen LogP contribution in [0.1, 0.15) is 24.8 Å². The maximum absolute atomic E-state index is 11.0. The third kappa shape index (κ3) is 2.61. The van der Waals surface area contributed by atoms with Gasteiger partial charge in [0.05, 0.1) is 5.92 Å². The molecule has 1 aromatic rings. The molecule has 1 saturated carbocycles. The molecule has 0 aliphatic heterocycles. The summed E-state index contributed by atoms with van der Waals surface area (Å²) in [5.74, 6) is -0.869. The van der Waals surface area contributed by atoms with E-state index in [1.54, 1.807) is 0 Å². The average molecular weight is 219 g/mol. The van der Waals surface area contributed by atoms with Crippen LogP contribution >= 0.6 is 0 Å². The molecule has 2 N–H and O–H groups in total. The Morgan fingerprint density at radius 3 is 2.75 bits per heavy atom. The Kier molecular flexibility index (Phi) is 3.57. The van der Waals surface area contributed by atoms with E-state index in [1.165, 1.54) is 5.56 Å². The number of benzene rings is 1. The van der Waals surface area contributed by atoms with Gasteiger partial charge in [0.1, 0.15) is 0 Å². The van der Waals surface area contributed by atoms with Crippen LogP contribution < -0.4 is 5.32 Å². The molecule has 1 fully saturated rings. The van der Waals surface area contributed by atoms with E-state index >= 15 is 0 Å². The molecule has 2 rings (SSSR count). The van der Waals surface area contributed by atoms with Gasteiger partial charge in [0.2, 0.25) is 0 Å². The van der Waals surface area contributed by atoms with Crippen LogP contribution in [0, 0.1) is 5.92 Å². The maximum Gasteiger partial charge on any atom is 0.308 e. The van der Waals surface area contributed by atoms with Crippen molar-refractivity contribution in [1.82, 2.24) is 5.32 Å².